The third-order valence-corrected chi connectivity index (χ3v) is 3.79. The second kappa shape index (κ2) is 6.86. The van der Waals surface area contributed by atoms with Gasteiger partial charge < -0.3 is 20.3 Å². The molecule has 2 amide bonds. The number of nitrogens with zero attached hydrogens (tertiary/aromatic N) is 2. The normalized spacial score (nSPS) is 24.4. The van der Waals surface area contributed by atoms with Crippen molar-refractivity contribution in [2.75, 3.05) is 39.4 Å². The Kier molecular flexibility index (Phi) is 5.15. The first kappa shape index (κ1) is 14.3. The van der Waals surface area contributed by atoms with Crippen molar-refractivity contribution in [1.82, 2.24) is 9.80 Å². The molecule has 2 rings (SSSR count). The van der Waals surface area contributed by atoms with Crippen molar-refractivity contribution in [3.63, 3.8) is 0 Å². The molecule has 2 aliphatic rings. The number of amides is 2. The van der Waals surface area contributed by atoms with Crippen molar-refractivity contribution in [3.05, 3.63) is 0 Å². The number of morpholine rings is 1. The van der Waals surface area contributed by atoms with Gasteiger partial charge in [0.1, 0.15) is 6.04 Å². The standard InChI is InChI=1S/C13H23N3O3/c14-5-4-12(17)16-6-2-1-3-11(16)13(18)15-7-9-19-10-8-15/h11H,1-10,14H2. The number of carbonyl (C=O) groups excluding carboxylic acids is 2. The van der Waals surface area contributed by atoms with Crippen LogP contribution in [0.3, 0.4) is 0 Å². The summed E-state index contributed by atoms with van der Waals surface area (Å²) in [6.07, 6.45) is 3.08. The first-order valence-corrected chi connectivity index (χ1v) is 7.10. The maximum absolute atomic E-state index is 12.5. The van der Waals surface area contributed by atoms with E-state index < -0.39 is 0 Å². The van der Waals surface area contributed by atoms with Gasteiger partial charge in [0.25, 0.3) is 0 Å². The van der Waals surface area contributed by atoms with Gasteiger partial charge in [0.05, 0.1) is 13.2 Å². The molecule has 0 aliphatic carbocycles. The molecule has 0 spiro atoms. The van der Waals surface area contributed by atoms with Crippen LogP contribution in [0.4, 0.5) is 0 Å². The van der Waals surface area contributed by atoms with E-state index >= 15 is 0 Å². The van der Waals surface area contributed by atoms with Crippen LogP contribution >= 0.6 is 0 Å². The highest BCUT2D eigenvalue weighted by Crippen LogP contribution is 2.20. The highest BCUT2D eigenvalue weighted by molar-refractivity contribution is 5.88. The molecule has 0 aromatic carbocycles. The van der Waals surface area contributed by atoms with E-state index in [0.29, 0.717) is 45.8 Å². The van der Waals surface area contributed by atoms with E-state index in [0.717, 1.165) is 19.3 Å². The highest BCUT2D eigenvalue weighted by Gasteiger charge is 2.34. The summed E-state index contributed by atoms with van der Waals surface area (Å²) in [5, 5.41) is 0. The fraction of sp³-hybridized carbons (Fsp3) is 0.846. The predicted octanol–water partition coefficient (Wildman–Crippen LogP) is -0.425. The van der Waals surface area contributed by atoms with Crippen molar-refractivity contribution in [2.45, 2.75) is 31.7 Å². The van der Waals surface area contributed by atoms with Crippen molar-refractivity contribution in [1.29, 1.82) is 0 Å². The van der Waals surface area contributed by atoms with Gasteiger partial charge in [-0.1, -0.05) is 0 Å². The third-order valence-electron chi connectivity index (χ3n) is 3.79. The van der Waals surface area contributed by atoms with E-state index in [4.69, 9.17) is 10.5 Å². The lowest BCUT2D eigenvalue weighted by atomic mass is 10.00. The SMILES string of the molecule is NCCC(=O)N1CCCCC1C(=O)N1CCOCC1. The van der Waals surface area contributed by atoms with E-state index in [9.17, 15) is 9.59 Å². The molecular formula is C13H23N3O3. The Labute approximate surface area is 113 Å². The zero-order chi connectivity index (χ0) is 13.7. The van der Waals surface area contributed by atoms with Gasteiger partial charge in [-0.15, -0.1) is 0 Å². The minimum Gasteiger partial charge on any atom is -0.378 e. The fourth-order valence-corrected chi connectivity index (χ4v) is 2.75. The molecule has 108 valence electrons. The van der Waals surface area contributed by atoms with Crippen LogP contribution in [-0.4, -0.2) is 67.0 Å². The largest absolute Gasteiger partial charge is 0.378 e. The number of carbonyl (C=O) groups is 2. The molecule has 2 saturated heterocycles. The third kappa shape index (κ3) is 3.45. The maximum atomic E-state index is 12.5. The Bertz CT molecular complexity index is 329. The first-order valence-electron chi connectivity index (χ1n) is 7.10. The smallest absolute Gasteiger partial charge is 0.245 e. The van der Waals surface area contributed by atoms with Gasteiger partial charge >= 0.3 is 0 Å². The van der Waals surface area contributed by atoms with E-state index in [1.54, 1.807) is 4.90 Å². The van der Waals surface area contributed by atoms with Crippen molar-refractivity contribution >= 4 is 11.8 Å². The fourth-order valence-electron chi connectivity index (χ4n) is 2.75. The molecule has 6 nitrogen and oxygen atoms in total. The average Bonchev–Trinajstić information content (AvgIpc) is 2.47. The van der Waals surface area contributed by atoms with Crippen LogP contribution in [0.5, 0.6) is 0 Å². The van der Waals surface area contributed by atoms with Gasteiger partial charge in [-0.2, -0.15) is 0 Å². The van der Waals surface area contributed by atoms with Crippen LogP contribution in [-0.2, 0) is 14.3 Å². The molecule has 0 aromatic heterocycles. The van der Waals surface area contributed by atoms with Gasteiger partial charge in [-0.3, -0.25) is 9.59 Å². The second-order valence-corrected chi connectivity index (χ2v) is 5.08. The maximum Gasteiger partial charge on any atom is 0.245 e. The summed E-state index contributed by atoms with van der Waals surface area (Å²) in [4.78, 5) is 28.1. The summed E-state index contributed by atoms with van der Waals surface area (Å²) in [5.41, 5.74) is 5.44. The van der Waals surface area contributed by atoms with Crippen molar-refractivity contribution in [3.8, 4) is 0 Å². The summed E-state index contributed by atoms with van der Waals surface area (Å²) in [6, 6.07) is -0.286. The molecule has 0 bridgehead atoms. The number of ether oxygens (including phenoxy) is 1. The van der Waals surface area contributed by atoms with Crippen molar-refractivity contribution in [2.24, 2.45) is 5.73 Å². The molecule has 0 aromatic rings. The molecule has 2 fully saturated rings. The summed E-state index contributed by atoms with van der Waals surface area (Å²) in [7, 11) is 0. The Morgan fingerprint density at radius 1 is 1.16 bits per heavy atom. The zero-order valence-corrected chi connectivity index (χ0v) is 11.3. The van der Waals surface area contributed by atoms with Crippen LogP contribution in [0.1, 0.15) is 25.7 Å². The summed E-state index contributed by atoms with van der Waals surface area (Å²) >= 11 is 0. The number of rotatable bonds is 3. The molecule has 6 heteroatoms. The first-order chi connectivity index (χ1) is 9.24. The van der Waals surface area contributed by atoms with Gasteiger partial charge in [-0.25, -0.2) is 0 Å². The van der Waals surface area contributed by atoms with Crippen LogP contribution in [0.2, 0.25) is 0 Å². The molecule has 1 atom stereocenters. The topological polar surface area (TPSA) is 75.9 Å². The second-order valence-electron chi connectivity index (χ2n) is 5.08. The molecule has 1 unspecified atom stereocenters. The van der Waals surface area contributed by atoms with E-state index in [2.05, 4.69) is 0 Å². The average molecular weight is 269 g/mol. The molecule has 19 heavy (non-hydrogen) atoms. The van der Waals surface area contributed by atoms with Gasteiger partial charge in [0.2, 0.25) is 11.8 Å². The lowest BCUT2D eigenvalue weighted by molar-refractivity contribution is -0.150. The number of nitrogens with two attached hydrogens (primary N) is 1. The summed E-state index contributed by atoms with van der Waals surface area (Å²) in [6.45, 7) is 3.47. The number of hydrogen-bond donors (Lipinski definition) is 1. The number of hydrogen-bond acceptors (Lipinski definition) is 4. The van der Waals surface area contributed by atoms with E-state index in [-0.39, 0.29) is 17.9 Å². The number of likely N-dealkylation sites (tertiary alicyclic amines) is 1. The monoisotopic (exact) mass is 269 g/mol. The summed E-state index contributed by atoms with van der Waals surface area (Å²) < 4.78 is 5.26. The lowest BCUT2D eigenvalue weighted by Crippen LogP contribution is -2.55. The zero-order valence-electron chi connectivity index (χ0n) is 11.3. The van der Waals surface area contributed by atoms with Crippen LogP contribution < -0.4 is 5.73 Å². The Balaban J connectivity index is 2.01. The molecule has 0 saturated carbocycles. The van der Waals surface area contributed by atoms with E-state index in [1.807, 2.05) is 4.90 Å². The minimum absolute atomic E-state index is 0.00816. The Hall–Kier alpha value is -1.14. The molecule has 0 radical (unpaired) electrons. The molecule has 2 N–H and O–H groups in total. The minimum atomic E-state index is -0.286. The van der Waals surface area contributed by atoms with E-state index in [1.165, 1.54) is 0 Å². The highest BCUT2D eigenvalue weighted by atomic mass is 16.5. The van der Waals surface area contributed by atoms with Crippen molar-refractivity contribution < 1.29 is 14.3 Å². The van der Waals surface area contributed by atoms with Gasteiger partial charge in [-0.05, 0) is 19.3 Å². The Morgan fingerprint density at radius 2 is 1.89 bits per heavy atom. The lowest BCUT2D eigenvalue weighted by Gasteiger charge is -2.38. The quantitative estimate of drug-likeness (QED) is 0.754. The van der Waals surface area contributed by atoms with Crippen LogP contribution in [0.15, 0.2) is 0 Å². The number of piperidine rings is 1. The molecular weight excluding hydrogens is 246 g/mol. The predicted molar refractivity (Wildman–Crippen MR) is 70.4 cm³/mol. The Morgan fingerprint density at radius 3 is 2.58 bits per heavy atom. The molecule has 2 aliphatic heterocycles. The van der Waals surface area contributed by atoms with Gasteiger partial charge in [0, 0.05) is 32.6 Å². The van der Waals surface area contributed by atoms with Crippen LogP contribution in [0.25, 0.3) is 0 Å². The molecule has 2 heterocycles. The van der Waals surface area contributed by atoms with Gasteiger partial charge in [0.15, 0.2) is 0 Å². The summed E-state index contributed by atoms with van der Waals surface area (Å²) in [5.74, 6) is 0.0854. The van der Waals surface area contributed by atoms with Crippen LogP contribution in [0, 0.1) is 0 Å².